The van der Waals surface area contributed by atoms with Crippen molar-refractivity contribution in [1.82, 2.24) is 4.90 Å². The number of hydrogen-bond donors (Lipinski definition) is 1. The SMILES string of the molecule is CN(C)CC1CCN(c2ccc(C(F)(F)F)cc2N)C1. The molecule has 0 aliphatic carbocycles. The van der Waals surface area contributed by atoms with Crippen LogP contribution >= 0.6 is 0 Å². The van der Waals surface area contributed by atoms with E-state index in [1.807, 2.05) is 14.1 Å². The van der Waals surface area contributed by atoms with Crippen molar-refractivity contribution in [2.75, 3.05) is 44.4 Å². The molecule has 0 bridgehead atoms. The molecule has 1 saturated heterocycles. The predicted octanol–water partition coefficient (Wildman–Crippen LogP) is 2.68. The lowest BCUT2D eigenvalue weighted by Crippen LogP contribution is -2.26. The summed E-state index contributed by atoms with van der Waals surface area (Å²) in [6.45, 7) is 2.67. The summed E-state index contributed by atoms with van der Waals surface area (Å²) in [5, 5.41) is 0. The van der Waals surface area contributed by atoms with Gasteiger partial charge in [-0.05, 0) is 44.6 Å². The summed E-state index contributed by atoms with van der Waals surface area (Å²) in [4.78, 5) is 4.20. The van der Waals surface area contributed by atoms with Crippen LogP contribution in [0.3, 0.4) is 0 Å². The monoisotopic (exact) mass is 287 g/mol. The molecule has 1 heterocycles. The van der Waals surface area contributed by atoms with E-state index in [-0.39, 0.29) is 5.69 Å². The van der Waals surface area contributed by atoms with Gasteiger partial charge < -0.3 is 15.5 Å². The zero-order chi connectivity index (χ0) is 14.9. The maximum absolute atomic E-state index is 12.6. The Morgan fingerprint density at radius 3 is 2.60 bits per heavy atom. The lowest BCUT2D eigenvalue weighted by atomic mass is 10.1. The fourth-order valence-electron chi connectivity index (χ4n) is 2.74. The van der Waals surface area contributed by atoms with Gasteiger partial charge >= 0.3 is 6.18 Å². The van der Waals surface area contributed by atoms with E-state index >= 15 is 0 Å². The summed E-state index contributed by atoms with van der Waals surface area (Å²) >= 11 is 0. The number of nitrogens with zero attached hydrogens (tertiary/aromatic N) is 2. The Bertz CT molecular complexity index is 471. The van der Waals surface area contributed by atoms with Crippen LogP contribution < -0.4 is 10.6 Å². The van der Waals surface area contributed by atoms with Crippen molar-refractivity contribution < 1.29 is 13.2 Å². The van der Waals surface area contributed by atoms with Crippen LogP contribution in [0.4, 0.5) is 24.5 Å². The molecule has 2 rings (SSSR count). The summed E-state index contributed by atoms with van der Waals surface area (Å²) in [5.74, 6) is 0.534. The molecule has 1 aromatic rings. The number of halogens is 3. The molecule has 1 fully saturated rings. The number of nitrogens with two attached hydrogens (primary N) is 1. The van der Waals surface area contributed by atoms with Crippen molar-refractivity contribution in [2.24, 2.45) is 5.92 Å². The van der Waals surface area contributed by atoms with Crippen LogP contribution in [-0.4, -0.2) is 38.6 Å². The van der Waals surface area contributed by atoms with Crippen molar-refractivity contribution in [3.63, 3.8) is 0 Å². The second-order valence-electron chi connectivity index (χ2n) is 5.63. The van der Waals surface area contributed by atoms with Crippen molar-refractivity contribution in [3.05, 3.63) is 23.8 Å². The fraction of sp³-hybridized carbons (Fsp3) is 0.571. The molecule has 1 atom stereocenters. The minimum absolute atomic E-state index is 0.199. The molecule has 6 heteroatoms. The van der Waals surface area contributed by atoms with E-state index in [2.05, 4.69) is 9.80 Å². The zero-order valence-corrected chi connectivity index (χ0v) is 11.7. The molecule has 1 aliphatic heterocycles. The smallest absolute Gasteiger partial charge is 0.397 e. The van der Waals surface area contributed by atoms with Crippen molar-refractivity contribution in [2.45, 2.75) is 12.6 Å². The summed E-state index contributed by atoms with van der Waals surface area (Å²) in [7, 11) is 4.05. The Hall–Kier alpha value is -1.43. The Morgan fingerprint density at radius 2 is 2.05 bits per heavy atom. The van der Waals surface area contributed by atoms with Gasteiger partial charge in [0, 0.05) is 19.6 Å². The molecular formula is C14H20F3N3. The van der Waals surface area contributed by atoms with Crippen LogP contribution in [-0.2, 0) is 6.18 Å². The van der Waals surface area contributed by atoms with Gasteiger partial charge in [-0.3, -0.25) is 0 Å². The topological polar surface area (TPSA) is 32.5 Å². The first kappa shape index (κ1) is 15.0. The molecule has 0 spiro atoms. The average molecular weight is 287 g/mol. The molecule has 3 nitrogen and oxygen atoms in total. The van der Waals surface area contributed by atoms with Gasteiger partial charge in [-0.1, -0.05) is 0 Å². The normalized spacial score (nSPS) is 19.9. The number of hydrogen-bond acceptors (Lipinski definition) is 3. The lowest BCUT2D eigenvalue weighted by Gasteiger charge is -2.22. The Kier molecular flexibility index (Phi) is 4.13. The summed E-state index contributed by atoms with van der Waals surface area (Å²) in [6, 6.07) is 3.61. The van der Waals surface area contributed by atoms with Crippen LogP contribution in [0, 0.1) is 5.92 Å². The van der Waals surface area contributed by atoms with Gasteiger partial charge in [0.05, 0.1) is 16.9 Å². The molecule has 0 radical (unpaired) electrons. The molecule has 20 heavy (non-hydrogen) atoms. The van der Waals surface area contributed by atoms with Gasteiger partial charge in [-0.15, -0.1) is 0 Å². The first-order valence-corrected chi connectivity index (χ1v) is 6.64. The van der Waals surface area contributed by atoms with E-state index in [0.717, 1.165) is 38.2 Å². The van der Waals surface area contributed by atoms with Crippen LogP contribution in [0.1, 0.15) is 12.0 Å². The first-order chi connectivity index (χ1) is 9.27. The van der Waals surface area contributed by atoms with E-state index in [1.54, 1.807) is 0 Å². The minimum atomic E-state index is -4.34. The van der Waals surface area contributed by atoms with Gasteiger partial charge in [0.25, 0.3) is 0 Å². The maximum atomic E-state index is 12.6. The van der Waals surface area contributed by atoms with Crippen LogP contribution in [0.25, 0.3) is 0 Å². The van der Waals surface area contributed by atoms with E-state index in [9.17, 15) is 13.2 Å². The number of rotatable bonds is 3. The standard InChI is InChI=1S/C14H20F3N3/c1-19(2)8-10-5-6-20(9-10)13-4-3-11(7-12(13)18)14(15,16)17/h3-4,7,10H,5-6,8-9,18H2,1-2H3. The van der Waals surface area contributed by atoms with Gasteiger partial charge in [0.1, 0.15) is 0 Å². The largest absolute Gasteiger partial charge is 0.416 e. The molecule has 0 aromatic heterocycles. The van der Waals surface area contributed by atoms with E-state index in [1.165, 1.54) is 6.07 Å². The summed E-state index contributed by atoms with van der Waals surface area (Å²) in [5.41, 5.74) is 6.01. The van der Waals surface area contributed by atoms with E-state index in [4.69, 9.17) is 5.73 Å². The van der Waals surface area contributed by atoms with Crippen LogP contribution in [0.15, 0.2) is 18.2 Å². The first-order valence-electron chi connectivity index (χ1n) is 6.64. The average Bonchev–Trinajstić information content (AvgIpc) is 2.75. The van der Waals surface area contributed by atoms with Crippen molar-refractivity contribution in [1.29, 1.82) is 0 Å². The Labute approximate surface area is 117 Å². The van der Waals surface area contributed by atoms with Crippen molar-refractivity contribution in [3.8, 4) is 0 Å². The predicted molar refractivity (Wildman–Crippen MR) is 74.7 cm³/mol. The highest BCUT2D eigenvalue weighted by Gasteiger charge is 2.32. The second-order valence-corrected chi connectivity index (χ2v) is 5.63. The highest BCUT2D eigenvalue weighted by atomic mass is 19.4. The summed E-state index contributed by atoms with van der Waals surface area (Å²) < 4.78 is 37.8. The highest BCUT2D eigenvalue weighted by molar-refractivity contribution is 5.69. The van der Waals surface area contributed by atoms with Gasteiger partial charge in [-0.25, -0.2) is 0 Å². The summed E-state index contributed by atoms with van der Waals surface area (Å²) in [6.07, 6.45) is -3.30. The van der Waals surface area contributed by atoms with Crippen LogP contribution in [0.2, 0.25) is 0 Å². The third-order valence-electron chi connectivity index (χ3n) is 3.60. The zero-order valence-electron chi connectivity index (χ0n) is 11.7. The van der Waals surface area contributed by atoms with E-state index < -0.39 is 11.7 Å². The second kappa shape index (κ2) is 5.52. The minimum Gasteiger partial charge on any atom is -0.397 e. The molecule has 112 valence electrons. The highest BCUT2D eigenvalue weighted by Crippen LogP contribution is 2.35. The third kappa shape index (κ3) is 3.36. The number of benzene rings is 1. The fourth-order valence-corrected chi connectivity index (χ4v) is 2.74. The molecular weight excluding hydrogens is 267 g/mol. The van der Waals surface area contributed by atoms with Gasteiger partial charge in [0.15, 0.2) is 0 Å². The van der Waals surface area contributed by atoms with Crippen LogP contribution in [0.5, 0.6) is 0 Å². The molecule has 1 aromatic carbocycles. The molecule has 2 N–H and O–H groups in total. The lowest BCUT2D eigenvalue weighted by molar-refractivity contribution is -0.137. The van der Waals surface area contributed by atoms with E-state index in [0.29, 0.717) is 11.6 Å². The number of anilines is 2. The van der Waals surface area contributed by atoms with Gasteiger partial charge in [-0.2, -0.15) is 13.2 Å². The molecule has 1 aliphatic rings. The molecule has 1 unspecified atom stereocenters. The molecule has 0 amide bonds. The van der Waals surface area contributed by atoms with Crippen molar-refractivity contribution >= 4 is 11.4 Å². The molecule has 0 saturated carbocycles. The Balaban J connectivity index is 2.11. The third-order valence-corrected chi connectivity index (χ3v) is 3.60. The number of nitrogen functional groups attached to an aromatic ring is 1. The maximum Gasteiger partial charge on any atom is 0.416 e. The number of alkyl halides is 3. The van der Waals surface area contributed by atoms with Gasteiger partial charge in [0.2, 0.25) is 0 Å². The quantitative estimate of drug-likeness (QED) is 0.868. The Morgan fingerprint density at radius 1 is 1.35 bits per heavy atom.